The van der Waals surface area contributed by atoms with Crippen LogP contribution >= 0.6 is 0 Å². The highest BCUT2D eigenvalue weighted by atomic mass is 16.2. The summed E-state index contributed by atoms with van der Waals surface area (Å²) in [6.45, 7) is 1.79. The Balaban J connectivity index is 2.70. The summed E-state index contributed by atoms with van der Waals surface area (Å²) in [5, 5.41) is 0. The maximum Gasteiger partial charge on any atom is 0.242 e. The van der Waals surface area contributed by atoms with Crippen molar-refractivity contribution in [2.45, 2.75) is 12.8 Å². The molecule has 0 aliphatic carbocycles. The van der Waals surface area contributed by atoms with Crippen molar-refractivity contribution in [3.05, 3.63) is 24.0 Å². The van der Waals surface area contributed by atoms with Crippen LogP contribution in [0.25, 0.3) is 0 Å². The Bertz CT molecular complexity index is 230. The van der Waals surface area contributed by atoms with Crippen LogP contribution in [0.2, 0.25) is 0 Å². The average molecular weight is 153 g/mol. The number of aromatic nitrogens is 1. The minimum absolute atomic E-state index is 0.188. The molecule has 0 saturated heterocycles. The minimum Gasteiger partial charge on any atom is -0.364 e. The Morgan fingerprint density at radius 1 is 1.82 bits per heavy atom. The number of carbonyl (C=O) groups is 1. The molecule has 11 heavy (non-hydrogen) atoms. The zero-order chi connectivity index (χ0) is 8.27. The van der Waals surface area contributed by atoms with Crippen molar-refractivity contribution in [2.75, 3.05) is 0 Å². The number of hydrazine groups is 1. The normalized spacial score (nSPS) is 12.5. The lowest BCUT2D eigenvalue weighted by Gasteiger charge is -2.06. The van der Waals surface area contributed by atoms with E-state index in [4.69, 9.17) is 5.84 Å². The fourth-order valence-electron chi connectivity index (χ4n) is 0.880. The van der Waals surface area contributed by atoms with Crippen LogP contribution in [0.15, 0.2) is 18.3 Å². The summed E-state index contributed by atoms with van der Waals surface area (Å²) >= 11 is 0. The van der Waals surface area contributed by atoms with Gasteiger partial charge in [0.2, 0.25) is 5.91 Å². The molecular weight excluding hydrogens is 142 g/mol. The Labute approximate surface area is 64.8 Å². The van der Waals surface area contributed by atoms with Gasteiger partial charge >= 0.3 is 0 Å². The van der Waals surface area contributed by atoms with Gasteiger partial charge in [-0.3, -0.25) is 10.2 Å². The van der Waals surface area contributed by atoms with E-state index in [9.17, 15) is 4.79 Å². The van der Waals surface area contributed by atoms with Crippen molar-refractivity contribution in [1.29, 1.82) is 0 Å². The van der Waals surface area contributed by atoms with Gasteiger partial charge in [0.25, 0.3) is 0 Å². The van der Waals surface area contributed by atoms with Crippen molar-refractivity contribution in [3.63, 3.8) is 0 Å². The van der Waals surface area contributed by atoms with Crippen LogP contribution in [0.1, 0.15) is 18.5 Å². The fourth-order valence-corrected chi connectivity index (χ4v) is 0.880. The molecular formula is C7H11N3O. The molecule has 1 atom stereocenters. The Morgan fingerprint density at radius 3 is 3.00 bits per heavy atom. The summed E-state index contributed by atoms with van der Waals surface area (Å²) in [6, 6.07) is 3.69. The third-order valence-corrected chi connectivity index (χ3v) is 1.62. The topological polar surface area (TPSA) is 70.9 Å². The fraction of sp³-hybridized carbons (Fsp3) is 0.286. The third kappa shape index (κ3) is 1.59. The molecule has 1 amide bonds. The number of amides is 1. The highest BCUT2D eigenvalue weighted by Crippen LogP contribution is 2.11. The predicted octanol–water partition coefficient (Wildman–Crippen LogP) is 0.108. The number of nitrogens with one attached hydrogen (secondary N) is 2. The van der Waals surface area contributed by atoms with E-state index < -0.39 is 0 Å². The maximum atomic E-state index is 11.0. The molecule has 4 heteroatoms. The predicted molar refractivity (Wildman–Crippen MR) is 41.5 cm³/mol. The Morgan fingerprint density at radius 2 is 2.55 bits per heavy atom. The van der Waals surface area contributed by atoms with Gasteiger partial charge in [-0.15, -0.1) is 0 Å². The largest absolute Gasteiger partial charge is 0.364 e. The molecule has 0 aromatic carbocycles. The van der Waals surface area contributed by atoms with Crippen LogP contribution in [-0.2, 0) is 4.79 Å². The molecule has 1 rings (SSSR count). The second kappa shape index (κ2) is 3.21. The van der Waals surface area contributed by atoms with Crippen molar-refractivity contribution >= 4 is 5.91 Å². The minimum atomic E-state index is -0.213. The second-order valence-electron chi connectivity index (χ2n) is 2.36. The molecule has 1 unspecified atom stereocenters. The molecule has 0 saturated carbocycles. The highest BCUT2D eigenvalue weighted by Gasteiger charge is 2.13. The van der Waals surface area contributed by atoms with E-state index in [1.165, 1.54) is 0 Å². The van der Waals surface area contributed by atoms with Gasteiger partial charge in [-0.1, -0.05) is 0 Å². The lowest BCUT2D eigenvalue weighted by molar-refractivity contribution is -0.122. The van der Waals surface area contributed by atoms with Gasteiger partial charge in [0.05, 0.1) is 5.92 Å². The molecule has 0 aliphatic heterocycles. The number of rotatable bonds is 2. The number of hydrogen-bond acceptors (Lipinski definition) is 2. The quantitative estimate of drug-likeness (QED) is 0.320. The molecule has 0 fully saturated rings. The Kier molecular flexibility index (Phi) is 2.28. The summed E-state index contributed by atoms with van der Waals surface area (Å²) in [7, 11) is 0. The first-order valence-corrected chi connectivity index (χ1v) is 3.39. The van der Waals surface area contributed by atoms with Crippen molar-refractivity contribution in [3.8, 4) is 0 Å². The molecule has 0 bridgehead atoms. The number of hydrogen-bond donors (Lipinski definition) is 3. The van der Waals surface area contributed by atoms with Gasteiger partial charge in [-0.05, 0) is 19.1 Å². The van der Waals surface area contributed by atoms with Crippen LogP contribution in [0, 0.1) is 0 Å². The van der Waals surface area contributed by atoms with Gasteiger partial charge in [0.1, 0.15) is 0 Å². The molecule has 0 radical (unpaired) electrons. The molecule has 4 nitrogen and oxygen atoms in total. The standard InChI is InChI=1S/C7H11N3O/c1-5(7(11)10-8)6-3-2-4-9-6/h2-5,9H,8H2,1H3,(H,10,11). The number of carbonyl (C=O) groups excluding carboxylic acids is 1. The zero-order valence-corrected chi connectivity index (χ0v) is 6.29. The van der Waals surface area contributed by atoms with Gasteiger partial charge < -0.3 is 4.98 Å². The van der Waals surface area contributed by atoms with E-state index in [-0.39, 0.29) is 11.8 Å². The Hall–Kier alpha value is -1.29. The van der Waals surface area contributed by atoms with Crippen molar-refractivity contribution in [2.24, 2.45) is 5.84 Å². The molecule has 4 N–H and O–H groups in total. The summed E-state index contributed by atoms with van der Waals surface area (Å²) in [6.07, 6.45) is 1.77. The third-order valence-electron chi connectivity index (χ3n) is 1.62. The van der Waals surface area contributed by atoms with Gasteiger partial charge in [-0.25, -0.2) is 5.84 Å². The molecule has 60 valence electrons. The number of aromatic amines is 1. The van der Waals surface area contributed by atoms with E-state index in [0.717, 1.165) is 5.69 Å². The summed E-state index contributed by atoms with van der Waals surface area (Å²) in [5.41, 5.74) is 2.96. The maximum absolute atomic E-state index is 11.0. The van der Waals surface area contributed by atoms with Crippen LogP contribution in [0.5, 0.6) is 0 Å². The second-order valence-corrected chi connectivity index (χ2v) is 2.36. The highest BCUT2D eigenvalue weighted by molar-refractivity contribution is 5.82. The smallest absolute Gasteiger partial charge is 0.242 e. The van der Waals surface area contributed by atoms with Crippen LogP contribution < -0.4 is 11.3 Å². The van der Waals surface area contributed by atoms with Gasteiger partial charge in [0.15, 0.2) is 0 Å². The van der Waals surface area contributed by atoms with E-state index in [1.807, 2.05) is 12.1 Å². The number of H-pyrrole nitrogens is 1. The molecule has 0 spiro atoms. The van der Waals surface area contributed by atoms with Crippen LogP contribution in [0.3, 0.4) is 0 Å². The van der Waals surface area contributed by atoms with Crippen molar-refractivity contribution < 1.29 is 4.79 Å². The number of nitrogens with two attached hydrogens (primary N) is 1. The van der Waals surface area contributed by atoms with Crippen LogP contribution in [-0.4, -0.2) is 10.9 Å². The summed E-state index contributed by atoms with van der Waals surface area (Å²) < 4.78 is 0. The summed E-state index contributed by atoms with van der Waals surface area (Å²) in [5.74, 6) is 4.57. The van der Waals surface area contributed by atoms with E-state index in [0.29, 0.717) is 0 Å². The van der Waals surface area contributed by atoms with Gasteiger partial charge in [-0.2, -0.15) is 0 Å². The average Bonchev–Trinajstić information content (AvgIpc) is 2.53. The SMILES string of the molecule is CC(C(=O)NN)c1ccc[nH]1. The van der Waals surface area contributed by atoms with Gasteiger partial charge in [0, 0.05) is 11.9 Å². The lowest BCUT2D eigenvalue weighted by Crippen LogP contribution is -2.33. The van der Waals surface area contributed by atoms with E-state index >= 15 is 0 Å². The summed E-state index contributed by atoms with van der Waals surface area (Å²) in [4.78, 5) is 13.9. The lowest BCUT2D eigenvalue weighted by atomic mass is 10.1. The molecule has 1 aromatic heterocycles. The van der Waals surface area contributed by atoms with Crippen molar-refractivity contribution in [1.82, 2.24) is 10.4 Å². The van der Waals surface area contributed by atoms with Crippen LogP contribution in [0.4, 0.5) is 0 Å². The first-order chi connectivity index (χ1) is 5.25. The first-order valence-electron chi connectivity index (χ1n) is 3.39. The monoisotopic (exact) mass is 153 g/mol. The molecule has 1 aromatic rings. The first kappa shape index (κ1) is 7.81. The van der Waals surface area contributed by atoms with E-state index in [1.54, 1.807) is 13.1 Å². The molecule has 1 heterocycles. The zero-order valence-electron chi connectivity index (χ0n) is 6.29. The van der Waals surface area contributed by atoms with E-state index in [2.05, 4.69) is 10.4 Å². The molecule has 0 aliphatic rings.